The molecule has 0 amide bonds. The highest BCUT2D eigenvalue weighted by atomic mass is 127. The molecule has 0 heterocycles. The molecule has 78 valence electrons. The molecule has 0 aromatic heterocycles. The lowest BCUT2D eigenvalue weighted by atomic mass is 9.50. The van der Waals surface area contributed by atoms with Crippen LogP contribution in [-0.4, -0.2) is 14.1 Å². The lowest BCUT2D eigenvalue weighted by molar-refractivity contribution is -0.129. The molecule has 0 aromatic rings. The first kappa shape index (κ1) is 9.64. The third-order valence-corrected chi connectivity index (χ3v) is 6.92. The highest BCUT2D eigenvalue weighted by Crippen LogP contribution is 2.63. The molecule has 4 aliphatic rings. The average molecular weight is 304 g/mol. The Kier molecular flexibility index (Phi) is 1.90. The van der Waals surface area contributed by atoms with E-state index in [1.165, 1.54) is 12.8 Å². The van der Waals surface area contributed by atoms with E-state index in [0.29, 0.717) is 15.3 Å². The van der Waals surface area contributed by atoms with Gasteiger partial charge in [0.2, 0.25) is 0 Å². The highest BCUT2D eigenvalue weighted by Gasteiger charge is 2.59. The van der Waals surface area contributed by atoms with Gasteiger partial charge >= 0.3 is 0 Å². The monoisotopic (exact) mass is 304 g/mol. The molecule has 4 saturated carbocycles. The summed E-state index contributed by atoms with van der Waals surface area (Å²) in [7, 11) is 0. The summed E-state index contributed by atoms with van der Waals surface area (Å²) in [6.07, 6.45) is 7.93. The summed E-state index contributed by atoms with van der Waals surface area (Å²) in [5.41, 5.74) is -0.297. The van der Waals surface area contributed by atoms with Crippen LogP contribution in [-0.2, 0) is 0 Å². The second-order valence-electron chi connectivity index (χ2n) is 5.60. The van der Waals surface area contributed by atoms with E-state index in [2.05, 4.69) is 35.2 Å². The maximum atomic E-state index is 10.4. The fourth-order valence-corrected chi connectivity index (χ4v) is 5.23. The molecule has 4 fully saturated rings. The number of hydrogen-bond acceptors (Lipinski definition) is 1. The molecule has 0 aliphatic heterocycles. The van der Waals surface area contributed by atoms with Crippen molar-refractivity contribution < 1.29 is 5.11 Å². The lowest BCUT2D eigenvalue weighted by Crippen LogP contribution is -2.60. The summed E-state index contributed by atoms with van der Waals surface area (Å²) in [6.45, 7) is 4.01. The first-order valence-corrected chi connectivity index (χ1v) is 6.68. The quantitative estimate of drug-likeness (QED) is 0.449. The third kappa shape index (κ3) is 1.10. The van der Waals surface area contributed by atoms with Crippen molar-refractivity contribution in [2.24, 2.45) is 17.8 Å². The molecule has 14 heavy (non-hydrogen) atoms. The molecule has 0 spiro atoms. The van der Waals surface area contributed by atoms with Crippen molar-refractivity contribution >= 4 is 22.6 Å². The molecule has 4 aliphatic carbocycles. The summed E-state index contributed by atoms with van der Waals surface area (Å²) in [6, 6.07) is 0. The second kappa shape index (κ2) is 2.76. The summed E-state index contributed by atoms with van der Waals surface area (Å²) >= 11 is 2.60. The Balaban J connectivity index is 2.00. The van der Waals surface area contributed by atoms with Crippen LogP contribution in [0.1, 0.15) is 32.1 Å². The van der Waals surface area contributed by atoms with Crippen molar-refractivity contribution in [1.29, 1.82) is 0 Å². The zero-order valence-electron chi connectivity index (χ0n) is 8.38. The van der Waals surface area contributed by atoms with Crippen LogP contribution in [0.5, 0.6) is 0 Å². The van der Waals surface area contributed by atoms with Crippen LogP contribution in [0.2, 0.25) is 0 Å². The summed E-state index contributed by atoms with van der Waals surface area (Å²) in [5.74, 6) is 2.19. The van der Waals surface area contributed by atoms with Gasteiger partial charge in [-0.1, -0.05) is 28.7 Å². The fourth-order valence-electron chi connectivity index (χ4n) is 4.28. The molecule has 2 atom stereocenters. The summed E-state index contributed by atoms with van der Waals surface area (Å²) in [5, 5.41) is 10.4. The van der Waals surface area contributed by atoms with Crippen LogP contribution < -0.4 is 0 Å². The van der Waals surface area contributed by atoms with Crippen LogP contribution in [0.15, 0.2) is 12.7 Å². The second-order valence-corrected chi connectivity index (χ2v) is 7.47. The number of halogens is 1. The lowest BCUT2D eigenvalue weighted by Gasteiger charge is -2.61. The Morgan fingerprint density at radius 3 is 2.21 bits per heavy atom. The van der Waals surface area contributed by atoms with Gasteiger partial charge in [0.1, 0.15) is 0 Å². The number of rotatable bonds is 1. The van der Waals surface area contributed by atoms with E-state index >= 15 is 0 Å². The SMILES string of the molecule is C=CC1(I)C2CC3CC1CC(O)(C3)C2. The van der Waals surface area contributed by atoms with Gasteiger partial charge in [-0.2, -0.15) is 0 Å². The number of hydrogen-bond donors (Lipinski definition) is 1. The predicted molar refractivity (Wildman–Crippen MR) is 65.5 cm³/mol. The molecule has 4 bridgehead atoms. The Labute approximate surface area is 99.1 Å². The van der Waals surface area contributed by atoms with Gasteiger partial charge in [0.05, 0.1) is 5.60 Å². The van der Waals surface area contributed by atoms with E-state index in [1.54, 1.807) is 0 Å². The first-order chi connectivity index (χ1) is 6.56. The molecule has 2 unspecified atom stereocenters. The van der Waals surface area contributed by atoms with Crippen molar-refractivity contribution in [3.63, 3.8) is 0 Å². The van der Waals surface area contributed by atoms with Gasteiger partial charge in [-0.3, -0.25) is 0 Å². The molecule has 1 N–H and O–H groups in total. The van der Waals surface area contributed by atoms with Gasteiger partial charge in [0.25, 0.3) is 0 Å². The van der Waals surface area contributed by atoms with Crippen LogP contribution in [0.3, 0.4) is 0 Å². The predicted octanol–water partition coefficient (Wildman–Crippen LogP) is 2.92. The Bertz CT molecular complexity index is 270. The van der Waals surface area contributed by atoms with E-state index in [-0.39, 0.29) is 5.60 Å². The van der Waals surface area contributed by atoms with Crippen molar-refractivity contribution in [2.75, 3.05) is 0 Å². The van der Waals surface area contributed by atoms with Gasteiger partial charge in [0.15, 0.2) is 0 Å². The van der Waals surface area contributed by atoms with Gasteiger partial charge in [-0.25, -0.2) is 0 Å². The number of alkyl halides is 1. The average Bonchev–Trinajstić information content (AvgIpc) is 2.11. The minimum Gasteiger partial charge on any atom is -0.390 e. The topological polar surface area (TPSA) is 20.2 Å². The maximum absolute atomic E-state index is 10.4. The van der Waals surface area contributed by atoms with Gasteiger partial charge in [-0.05, 0) is 49.9 Å². The maximum Gasteiger partial charge on any atom is 0.0657 e. The largest absolute Gasteiger partial charge is 0.390 e. The van der Waals surface area contributed by atoms with E-state index < -0.39 is 0 Å². The standard InChI is InChI=1S/C12H17IO/c1-2-12(13)9-3-8-4-10(12)7-11(14,5-8)6-9/h2,8-10,14H,1,3-7H2. The molecule has 0 aromatic carbocycles. The molecule has 0 radical (unpaired) electrons. The van der Waals surface area contributed by atoms with E-state index in [1.807, 2.05) is 0 Å². The van der Waals surface area contributed by atoms with Crippen molar-refractivity contribution in [3.05, 3.63) is 12.7 Å². The smallest absolute Gasteiger partial charge is 0.0657 e. The van der Waals surface area contributed by atoms with Crippen LogP contribution in [0, 0.1) is 17.8 Å². The fraction of sp³-hybridized carbons (Fsp3) is 0.833. The molecule has 1 nitrogen and oxygen atoms in total. The van der Waals surface area contributed by atoms with Gasteiger partial charge in [-0.15, -0.1) is 6.58 Å². The summed E-state index contributed by atoms with van der Waals surface area (Å²) in [4.78, 5) is 0. The minimum atomic E-state index is -0.297. The summed E-state index contributed by atoms with van der Waals surface area (Å²) < 4.78 is 0.293. The van der Waals surface area contributed by atoms with Gasteiger partial charge in [0, 0.05) is 3.42 Å². The highest BCUT2D eigenvalue weighted by molar-refractivity contribution is 14.1. The molecular weight excluding hydrogens is 287 g/mol. The number of aliphatic hydroxyl groups is 1. The van der Waals surface area contributed by atoms with E-state index in [9.17, 15) is 5.11 Å². The molecular formula is C12H17IO. The zero-order valence-corrected chi connectivity index (χ0v) is 10.5. The Morgan fingerprint density at radius 2 is 1.79 bits per heavy atom. The molecule has 4 rings (SSSR count). The third-order valence-electron chi connectivity index (χ3n) is 4.72. The van der Waals surface area contributed by atoms with Crippen LogP contribution in [0.25, 0.3) is 0 Å². The van der Waals surface area contributed by atoms with E-state index in [4.69, 9.17) is 0 Å². The van der Waals surface area contributed by atoms with Crippen molar-refractivity contribution in [1.82, 2.24) is 0 Å². The van der Waals surface area contributed by atoms with Crippen LogP contribution in [0.4, 0.5) is 0 Å². The zero-order chi connectivity index (χ0) is 9.97. The van der Waals surface area contributed by atoms with Crippen LogP contribution >= 0.6 is 22.6 Å². The first-order valence-electron chi connectivity index (χ1n) is 5.61. The van der Waals surface area contributed by atoms with Crippen molar-refractivity contribution in [2.45, 2.75) is 41.1 Å². The Morgan fingerprint density at radius 1 is 1.21 bits per heavy atom. The Hall–Kier alpha value is 0.430. The minimum absolute atomic E-state index is 0.293. The van der Waals surface area contributed by atoms with E-state index in [0.717, 1.165) is 25.2 Å². The molecule has 0 saturated heterocycles. The van der Waals surface area contributed by atoms with Gasteiger partial charge < -0.3 is 5.11 Å². The van der Waals surface area contributed by atoms with Crippen molar-refractivity contribution in [3.8, 4) is 0 Å². The number of allylic oxidation sites excluding steroid dienone is 1. The molecule has 2 heteroatoms. The normalized spacial score (nSPS) is 60.3.